The fraction of sp³-hybridized carbons (Fsp3) is 0.360. The summed E-state index contributed by atoms with van der Waals surface area (Å²) in [4.78, 5) is 54.5. The number of aliphatic hydroxyl groups excluding tert-OH is 3. The van der Waals surface area contributed by atoms with Gasteiger partial charge in [-0.05, 0) is 93.2 Å². The summed E-state index contributed by atoms with van der Waals surface area (Å²) in [5, 5.41) is 62.3. The highest BCUT2D eigenvalue weighted by molar-refractivity contribution is 7.95. The number of amides is 1. The van der Waals surface area contributed by atoms with E-state index in [9.17, 15) is 44.7 Å². The van der Waals surface area contributed by atoms with Crippen LogP contribution in [0.5, 0.6) is 5.75 Å². The molecular weight excluding hydrogens is 804 g/mol. The highest BCUT2D eigenvalue weighted by Gasteiger charge is 2.68. The summed E-state index contributed by atoms with van der Waals surface area (Å²) in [6.07, 6.45) is 4.82. The van der Waals surface area contributed by atoms with Crippen molar-refractivity contribution in [3.8, 4) is 5.75 Å². The van der Waals surface area contributed by atoms with Crippen LogP contribution in [-0.4, -0.2) is 91.7 Å². The van der Waals surface area contributed by atoms with Gasteiger partial charge < -0.3 is 31.3 Å². The van der Waals surface area contributed by atoms with Crippen LogP contribution in [0.3, 0.4) is 0 Å². The van der Waals surface area contributed by atoms with Crippen LogP contribution in [0.1, 0.15) is 74.5 Å². The van der Waals surface area contributed by atoms with Crippen LogP contribution in [-0.2, 0) is 25.6 Å². The van der Waals surface area contributed by atoms with Crippen molar-refractivity contribution in [1.82, 2.24) is 4.90 Å². The van der Waals surface area contributed by atoms with Crippen molar-refractivity contribution in [3.63, 3.8) is 0 Å². The van der Waals surface area contributed by atoms with E-state index in [1.54, 1.807) is 19.1 Å². The molecule has 1 fully saturated rings. The van der Waals surface area contributed by atoms with Gasteiger partial charge in [-0.1, -0.05) is 86.5 Å². The topological polar surface area (TPSA) is 199 Å². The number of phenols is 1. The first kappa shape index (κ1) is 44.6. The number of aryl methyl sites for hydroxylation is 1. The summed E-state index contributed by atoms with van der Waals surface area (Å²) < 4.78 is 0. The highest BCUT2D eigenvalue weighted by Crippen LogP contribution is 2.57. The normalized spacial score (nSPS) is 23.5. The number of likely N-dealkylation sites (N-methyl/N-ethyl adjacent to an activating group) is 1. The van der Waals surface area contributed by atoms with Gasteiger partial charge in [-0.25, -0.2) is 0 Å². The maximum atomic E-state index is 14.3. The number of aromatic hydroxyl groups is 1. The van der Waals surface area contributed by atoms with Crippen molar-refractivity contribution in [1.29, 1.82) is 0 Å². The fourth-order valence-electron chi connectivity index (χ4n) is 10.3. The number of nitrogens with two attached hydrogens (primary N) is 1. The summed E-state index contributed by atoms with van der Waals surface area (Å²) in [6.45, 7) is 1.69. The van der Waals surface area contributed by atoms with Gasteiger partial charge in [0.1, 0.15) is 51.8 Å². The van der Waals surface area contributed by atoms with E-state index in [4.69, 9.17) is 5.73 Å². The van der Waals surface area contributed by atoms with Crippen molar-refractivity contribution < 1.29 is 44.7 Å². The number of phenolic OH excluding ortho intramolecular Hbond substituents is 1. The average Bonchev–Trinajstić information content (AvgIpc) is 3.26. The Bertz CT molecular complexity index is 2320. The quantitative estimate of drug-likeness (QED) is 0.0487. The molecule has 11 nitrogen and oxygen atoms in total. The smallest absolute Gasteiger partial charge is 0.255 e. The van der Waals surface area contributed by atoms with Gasteiger partial charge in [0, 0.05) is 24.3 Å². The molecule has 1 amide bonds. The molecule has 0 aromatic heterocycles. The number of nitrogens with zero attached hydrogens (tertiary/aromatic N) is 1. The maximum Gasteiger partial charge on any atom is 0.255 e. The number of rotatable bonds is 16. The third-order valence-electron chi connectivity index (χ3n) is 13.4. The molecule has 324 valence electrons. The largest absolute Gasteiger partial charge is 0.508 e. The lowest BCUT2D eigenvalue weighted by Gasteiger charge is -2.53. The van der Waals surface area contributed by atoms with E-state index in [0.717, 1.165) is 38.3 Å². The van der Waals surface area contributed by atoms with Gasteiger partial charge in [-0.3, -0.25) is 24.1 Å². The molecule has 0 heterocycles. The predicted octanol–water partition coefficient (Wildman–Crippen LogP) is 5.33. The first-order chi connectivity index (χ1) is 29.7. The van der Waals surface area contributed by atoms with Crippen molar-refractivity contribution in [2.75, 3.05) is 20.3 Å². The van der Waals surface area contributed by atoms with Gasteiger partial charge in [-0.2, -0.15) is 0 Å². The van der Waals surface area contributed by atoms with Crippen LogP contribution < -0.4 is 21.6 Å². The van der Waals surface area contributed by atoms with Gasteiger partial charge >= 0.3 is 0 Å². The van der Waals surface area contributed by atoms with Crippen molar-refractivity contribution >= 4 is 52.2 Å². The number of ketones is 3. The fourth-order valence-corrected chi connectivity index (χ4v) is 14.8. The Hall–Kier alpha value is -5.45. The van der Waals surface area contributed by atoms with Gasteiger partial charge in [0.15, 0.2) is 11.4 Å². The minimum absolute atomic E-state index is 0.0361. The van der Waals surface area contributed by atoms with E-state index < -0.39 is 82.9 Å². The Morgan fingerprint density at radius 3 is 1.82 bits per heavy atom. The Morgan fingerprint density at radius 2 is 1.29 bits per heavy atom. The first-order valence-corrected chi connectivity index (χ1v) is 23.4. The summed E-state index contributed by atoms with van der Waals surface area (Å²) in [5.74, 6) is -9.30. The molecular formula is C50H56N2O9P+. The Kier molecular flexibility index (Phi) is 13.0. The highest BCUT2D eigenvalue weighted by atomic mass is 31.2. The van der Waals surface area contributed by atoms with Crippen LogP contribution in [0.15, 0.2) is 120 Å². The van der Waals surface area contributed by atoms with Crippen LogP contribution in [0, 0.1) is 11.8 Å². The lowest BCUT2D eigenvalue weighted by molar-refractivity contribution is -0.169. The molecule has 7 N–H and O–H groups in total. The number of hydrogen-bond donors (Lipinski definition) is 6. The molecule has 1 saturated carbocycles. The van der Waals surface area contributed by atoms with Gasteiger partial charge in [0.25, 0.3) is 5.91 Å². The van der Waals surface area contributed by atoms with Gasteiger partial charge in [0.05, 0.1) is 29.8 Å². The molecule has 0 radical (unpaired) electrons. The van der Waals surface area contributed by atoms with Crippen molar-refractivity contribution in [2.24, 2.45) is 17.6 Å². The van der Waals surface area contributed by atoms with E-state index in [2.05, 4.69) is 91.0 Å². The average molecular weight is 860 g/mol. The zero-order valence-corrected chi connectivity index (χ0v) is 36.3. The predicted molar refractivity (Wildman–Crippen MR) is 241 cm³/mol. The van der Waals surface area contributed by atoms with E-state index in [1.165, 1.54) is 34.9 Å². The van der Waals surface area contributed by atoms with Crippen LogP contribution >= 0.6 is 7.26 Å². The van der Waals surface area contributed by atoms with E-state index in [0.29, 0.717) is 17.5 Å². The van der Waals surface area contributed by atoms with Crippen molar-refractivity contribution in [3.05, 3.63) is 137 Å². The zero-order valence-electron chi connectivity index (χ0n) is 35.4. The summed E-state index contributed by atoms with van der Waals surface area (Å²) in [6, 6.07) is 34.4. The lowest BCUT2D eigenvalue weighted by Crippen LogP contribution is -2.70. The third kappa shape index (κ3) is 7.59. The molecule has 62 heavy (non-hydrogen) atoms. The standard InChI is InChI=1S/C50H55N2O9P/c1-30-36-28-26-31(43(54)38(36)44(55)39-37(30)45(56)41-42(52(2)3)46(57)40(49(51)60)48(59)50(41,61)47(39)58)25-27-32(53)18-10-5-4-6-17-29-62(33-19-11-7-12-20-33,34-21-13-8-14-22-34)35-23-15-9-16-24-35/h7-9,11-16,19-24,26,28,30,37,41-42,45,56,61H,4-6,10,17-18,25,27,29H2,1-3H3,(H4-,51,54,55,57,58,59,60)/p+1/t30-,37+,41+,42-,45-,50-/m0/s1. The SMILES string of the molecule is C[C@H]1c2ccc(CCC(=O)CCCCCCC[P+](c3ccccc3)(c3ccccc3)c3ccccc3)c(O)c2C(O)=C2C(=O)[C@]3(O)C(O)=C(C(N)=O)C(=O)[C@@H](N(C)C)[C@@H]3[C@@H](O)[C@@H]21. The number of hydrogen-bond acceptors (Lipinski definition) is 10. The van der Waals surface area contributed by atoms with Crippen LogP contribution in [0.4, 0.5) is 0 Å². The third-order valence-corrected chi connectivity index (χ3v) is 18.0. The second kappa shape index (κ2) is 18.1. The van der Waals surface area contributed by atoms with E-state index >= 15 is 0 Å². The van der Waals surface area contributed by atoms with Crippen LogP contribution in [0.2, 0.25) is 0 Å². The molecule has 4 aromatic rings. The van der Waals surface area contributed by atoms with Gasteiger partial charge in [0.2, 0.25) is 5.78 Å². The minimum Gasteiger partial charge on any atom is -0.508 e. The summed E-state index contributed by atoms with van der Waals surface area (Å²) in [5.41, 5.74) is 1.72. The number of unbranched alkanes of at least 4 members (excludes halogenated alkanes) is 4. The molecule has 0 aliphatic heterocycles. The number of primary amides is 1. The molecule has 3 aliphatic rings. The van der Waals surface area contributed by atoms with E-state index in [-0.39, 0.29) is 29.9 Å². The Labute approximate surface area is 362 Å². The molecule has 3 aliphatic carbocycles. The Balaban J connectivity index is 1.00. The molecule has 4 aromatic carbocycles. The molecule has 0 bridgehead atoms. The summed E-state index contributed by atoms with van der Waals surface area (Å²) in [7, 11) is 1.04. The van der Waals surface area contributed by atoms with Gasteiger partial charge in [-0.15, -0.1) is 0 Å². The summed E-state index contributed by atoms with van der Waals surface area (Å²) >= 11 is 0. The monoisotopic (exact) mass is 859 g/mol. The van der Waals surface area contributed by atoms with Crippen molar-refractivity contribution in [2.45, 2.75) is 82.0 Å². The number of benzene rings is 4. The molecule has 6 atom stereocenters. The van der Waals surface area contributed by atoms with E-state index in [1.807, 2.05) is 0 Å². The molecule has 7 rings (SSSR count). The second-order valence-electron chi connectivity index (χ2n) is 17.2. The van der Waals surface area contributed by atoms with Crippen LogP contribution in [0.25, 0.3) is 5.76 Å². The Morgan fingerprint density at radius 1 is 0.758 bits per heavy atom. The number of Topliss-reactive ketones (excluding diaryl/α,β-unsaturated/α-hetero) is 3. The molecule has 0 unspecified atom stereocenters. The number of fused-ring (bicyclic) bond motifs is 3. The number of carbonyl (C=O) groups is 4. The minimum atomic E-state index is -2.98. The molecule has 0 saturated heterocycles. The molecule has 0 spiro atoms. The zero-order chi connectivity index (χ0) is 44.5. The first-order valence-electron chi connectivity index (χ1n) is 21.4. The lowest BCUT2D eigenvalue weighted by atomic mass is 9.54. The maximum absolute atomic E-state index is 14.3. The number of carbonyl (C=O) groups excluding carboxylic acids is 4. The second-order valence-corrected chi connectivity index (χ2v) is 20.8. The number of aliphatic hydroxyl groups is 4. The molecule has 12 heteroatoms.